The Morgan fingerprint density at radius 3 is 2.57 bits per heavy atom. The Bertz CT molecular complexity index is 2120. The van der Waals surface area contributed by atoms with Gasteiger partial charge in [0.25, 0.3) is 0 Å². The minimum absolute atomic E-state index is 0.186. The number of nitrogens with one attached hydrogen (secondary N) is 2. The van der Waals surface area contributed by atoms with Crippen molar-refractivity contribution in [2.24, 2.45) is 0 Å². The van der Waals surface area contributed by atoms with Gasteiger partial charge in [-0.25, -0.2) is 13.9 Å². The SMILES string of the molecule is CC1CCCCN1c1nnc2ccc(O[C@@H]3CC[C@H](NC(=O)Nc4cc(C(C)(C)C)nn4-c4ccc(F)c(CN5CCOCC5)c4)c4ccccc43)cn12. The number of nitrogens with zero attached hydrogens (tertiary/aromatic N) is 7. The van der Waals surface area contributed by atoms with Crippen LogP contribution in [0.3, 0.4) is 0 Å². The maximum Gasteiger partial charge on any atom is 0.320 e. The number of fused-ring (bicyclic) bond motifs is 2. The molecule has 2 aromatic carbocycles. The number of hydrogen-bond acceptors (Lipinski definition) is 8. The zero-order valence-corrected chi connectivity index (χ0v) is 31.6. The lowest BCUT2D eigenvalue weighted by atomic mass is 9.85. The van der Waals surface area contributed by atoms with E-state index >= 15 is 4.39 Å². The molecule has 12 nitrogen and oxygen atoms in total. The van der Waals surface area contributed by atoms with Crippen LogP contribution in [0.2, 0.25) is 0 Å². The molecule has 2 fully saturated rings. The van der Waals surface area contributed by atoms with Crippen molar-refractivity contribution in [1.29, 1.82) is 0 Å². The summed E-state index contributed by atoms with van der Waals surface area (Å²) in [5.74, 6) is 1.84. The second-order valence-electron chi connectivity index (χ2n) is 15.8. The van der Waals surface area contributed by atoms with E-state index in [9.17, 15) is 4.79 Å². The minimum atomic E-state index is -0.344. The van der Waals surface area contributed by atoms with Gasteiger partial charge in [0.2, 0.25) is 5.95 Å². The molecular weight excluding hydrogens is 686 g/mol. The number of morpholine rings is 1. The highest BCUT2D eigenvalue weighted by atomic mass is 19.1. The van der Waals surface area contributed by atoms with Gasteiger partial charge in [-0.1, -0.05) is 45.0 Å². The van der Waals surface area contributed by atoms with E-state index in [2.05, 4.69) is 70.5 Å². The number of pyridine rings is 1. The van der Waals surface area contributed by atoms with E-state index in [1.807, 2.05) is 47.0 Å². The number of halogens is 1. The number of ether oxygens (including phenoxy) is 2. The zero-order valence-electron chi connectivity index (χ0n) is 31.6. The highest BCUT2D eigenvalue weighted by Gasteiger charge is 2.31. The summed E-state index contributed by atoms with van der Waals surface area (Å²) in [6.07, 6.45) is 6.74. The van der Waals surface area contributed by atoms with Gasteiger partial charge in [0.15, 0.2) is 5.65 Å². The fourth-order valence-electron chi connectivity index (χ4n) is 7.87. The molecule has 3 aliphatic rings. The molecule has 2 saturated heterocycles. The number of carbonyl (C=O) groups is 1. The monoisotopic (exact) mass is 735 g/mol. The molecule has 284 valence electrons. The van der Waals surface area contributed by atoms with Crippen molar-refractivity contribution in [2.45, 2.75) is 89.9 Å². The summed E-state index contributed by atoms with van der Waals surface area (Å²) in [5.41, 5.74) is 4.63. The first-order valence-corrected chi connectivity index (χ1v) is 19.2. The molecule has 3 atom stereocenters. The van der Waals surface area contributed by atoms with E-state index in [4.69, 9.17) is 14.6 Å². The molecule has 0 bridgehead atoms. The molecule has 2 aliphatic heterocycles. The van der Waals surface area contributed by atoms with Gasteiger partial charge in [-0.15, -0.1) is 10.2 Å². The number of anilines is 2. The third-order valence-corrected chi connectivity index (χ3v) is 10.9. The number of hydrogen-bond donors (Lipinski definition) is 2. The van der Waals surface area contributed by atoms with Crippen molar-refractivity contribution in [3.8, 4) is 11.4 Å². The Balaban J connectivity index is 0.995. The quantitative estimate of drug-likeness (QED) is 0.170. The molecule has 1 aliphatic carbocycles. The summed E-state index contributed by atoms with van der Waals surface area (Å²) in [5, 5.41) is 20.2. The largest absolute Gasteiger partial charge is 0.484 e. The predicted octanol–water partition coefficient (Wildman–Crippen LogP) is 7.34. The van der Waals surface area contributed by atoms with Crippen LogP contribution in [0.25, 0.3) is 11.3 Å². The molecular formula is C41H50FN9O3. The van der Waals surface area contributed by atoms with Crippen LogP contribution in [0.5, 0.6) is 5.75 Å². The van der Waals surface area contributed by atoms with Gasteiger partial charge in [-0.2, -0.15) is 5.10 Å². The smallest absolute Gasteiger partial charge is 0.320 e. The van der Waals surface area contributed by atoms with Crippen LogP contribution in [-0.2, 0) is 16.7 Å². The third-order valence-electron chi connectivity index (χ3n) is 10.9. The van der Waals surface area contributed by atoms with Gasteiger partial charge in [0.05, 0.1) is 36.8 Å². The number of rotatable bonds is 8. The summed E-state index contributed by atoms with van der Waals surface area (Å²) >= 11 is 0. The third kappa shape index (κ3) is 7.52. The number of piperidine rings is 1. The number of benzene rings is 2. The van der Waals surface area contributed by atoms with Crippen LogP contribution in [-0.4, -0.2) is 74.2 Å². The standard InChI is InChI=1S/C41H50FN9O3/c1-27-9-7-8-18-49(27)40-46-45-37-17-13-30(26-50(37)40)54-35-16-15-34(31-10-5-6-11-32(31)35)43-39(52)44-38-24-36(41(2,3)4)47-51(38)29-12-14-33(42)28(23-29)25-48-19-21-53-22-20-48/h5-6,10-14,17,23-24,26-27,34-35H,7-9,15-16,18-22,25H2,1-4H3,(H2,43,44,52)/t27?,34-,35+/m0/s1. The molecule has 0 radical (unpaired) electrons. The van der Waals surface area contributed by atoms with E-state index in [1.165, 1.54) is 12.5 Å². The van der Waals surface area contributed by atoms with Crippen molar-refractivity contribution in [3.63, 3.8) is 0 Å². The molecule has 3 aromatic heterocycles. The first-order valence-electron chi connectivity index (χ1n) is 19.2. The van der Waals surface area contributed by atoms with Crippen LogP contribution in [0.4, 0.5) is 21.0 Å². The molecule has 5 heterocycles. The lowest BCUT2D eigenvalue weighted by Crippen LogP contribution is -2.38. The predicted molar refractivity (Wildman–Crippen MR) is 206 cm³/mol. The van der Waals surface area contributed by atoms with Gasteiger partial charge < -0.3 is 19.7 Å². The number of aromatic nitrogens is 5. The van der Waals surface area contributed by atoms with Crippen LogP contribution in [0.15, 0.2) is 66.9 Å². The van der Waals surface area contributed by atoms with Crippen LogP contribution in [0.1, 0.15) is 94.3 Å². The second-order valence-corrected chi connectivity index (χ2v) is 15.8. The van der Waals surface area contributed by atoms with Crippen molar-refractivity contribution >= 4 is 23.4 Å². The molecule has 0 spiro atoms. The molecule has 2 amide bonds. The maximum absolute atomic E-state index is 15.0. The summed E-state index contributed by atoms with van der Waals surface area (Å²) in [6.45, 7) is 12.7. The van der Waals surface area contributed by atoms with E-state index in [0.717, 1.165) is 66.6 Å². The number of urea groups is 1. The highest BCUT2D eigenvalue weighted by molar-refractivity contribution is 5.89. The van der Waals surface area contributed by atoms with Crippen LogP contribution < -0.4 is 20.3 Å². The van der Waals surface area contributed by atoms with Gasteiger partial charge in [0.1, 0.15) is 23.5 Å². The first-order chi connectivity index (χ1) is 26.1. The Morgan fingerprint density at radius 2 is 1.78 bits per heavy atom. The van der Waals surface area contributed by atoms with Crippen LogP contribution >= 0.6 is 0 Å². The fourth-order valence-corrected chi connectivity index (χ4v) is 7.87. The summed E-state index contributed by atoms with van der Waals surface area (Å²) < 4.78 is 30.9. The number of carbonyl (C=O) groups excluding carboxylic acids is 1. The minimum Gasteiger partial charge on any atom is -0.484 e. The van der Waals surface area contributed by atoms with Gasteiger partial charge in [-0.05, 0) is 80.5 Å². The molecule has 8 rings (SSSR count). The zero-order chi connectivity index (χ0) is 37.4. The van der Waals surface area contributed by atoms with E-state index < -0.39 is 0 Å². The number of amides is 2. The van der Waals surface area contributed by atoms with Crippen molar-refractivity contribution in [1.82, 2.24) is 34.6 Å². The average Bonchev–Trinajstić information content (AvgIpc) is 3.79. The van der Waals surface area contributed by atoms with E-state index in [1.54, 1.807) is 10.7 Å². The van der Waals surface area contributed by atoms with Crippen molar-refractivity contribution in [3.05, 3.63) is 95.1 Å². The molecule has 1 unspecified atom stereocenters. The summed E-state index contributed by atoms with van der Waals surface area (Å²) in [6, 6.07) is 18.8. The summed E-state index contributed by atoms with van der Waals surface area (Å²) in [4.78, 5) is 18.3. The summed E-state index contributed by atoms with van der Waals surface area (Å²) in [7, 11) is 0. The van der Waals surface area contributed by atoms with Crippen molar-refractivity contribution in [2.75, 3.05) is 43.1 Å². The first kappa shape index (κ1) is 36.0. The van der Waals surface area contributed by atoms with E-state index in [0.29, 0.717) is 55.7 Å². The lowest BCUT2D eigenvalue weighted by molar-refractivity contribution is 0.0337. The van der Waals surface area contributed by atoms with E-state index in [-0.39, 0.29) is 29.4 Å². The normalized spacial score (nSPS) is 20.8. The van der Waals surface area contributed by atoms with Crippen LogP contribution in [0, 0.1) is 5.82 Å². The van der Waals surface area contributed by atoms with Crippen molar-refractivity contribution < 1.29 is 18.7 Å². The molecule has 2 N–H and O–H groups in total. The van der Waals surface area contributed by atoms with Gasteiger partial charge in [-0.3, -0.25) is 14.6 Å². The molecule has 5 aromatic rings. The Morgan fingerprint density at radius 1 is 0.963 bits per heavy atom. The lowest BCUT2D eigenvalue weighted by Gasteiger charge is -2.33. The fraction of sp³-hybridized carbons (Fsp3) is 0.463. The molecule has 13 heteroatoms. The highest BCUT2D eigenvalue weighted by Crippen LogP contribution is 2.39. The average molecular weight is 736 g/mol. The Labute approximate surface area is 315 Å². The van der Waals surface area contributed by atoms with Gasteiger partial charge in [0, 0.05) is 49.3 Å². The molecule has 0 saturated carbocycles. The maximum atomic E-state index is 15.0. The van der Waals surface area contributed by atoms with Gasteiger partial charge >= 0.3 is 6.03 Å². The Hall–Kier alpha value is -5.01. The Kier molecular flexibility index (Phi) is 10.0. The molecule has 54 heavy (non-hydrogen) atoms. The second kappa shape index (κ2) is 15.0. The topological polar surface area (TPSA) is 114 Å².